The van der Waals surface area contributed by atoms with Crippen LogP contribution in [0.25, 0.3) is 10.2 Å². The number of likely N-dealkylation sites (N-methyl/N-ethyl adjacent to an activating group) is 1. The van der Waals surface area contributed by atoms with Crippen LogP contribution in [-0.4, -0.2) is 61.9 Å². The van der Waals surface area contributed by atoms with Gasteiger partial charge in [0.2, 0.25) is 0 Å². The first-order chi connectivity index (χ1) is 15.6. The Labute approximate surface area is 204 Å². The minimum Gasteiger partial charge on any atom is -0.302 e. The second-order valence-corrected chi connectivity index (χ2v) is 12.8. The highest BCUT2D eigenvalue weighted by molar-refractivity contribution is 7.99. The van der Waals surface area contributed by atoms with Gasteiger partial charge in [-0.2, -0.15) is 0 Å². The fourth-order valence-corrected chi connectivity index (χ4v) is 6.08. The van der Waals surface area contributed by atoms with E-state index in [1.165, 1.54) is 17.6 Å². The lowest BCUT2D eigenvalue weighted by Gasteiger charge is -2.25. The number of amides is 1. The van der Waals surface area contributed by atoms with Crippen molar-refractivity contribution in [2.45, 2.75) is 42.7 Å². The van der Waals surface area contributed by atoms with E-state index in [0.29, 0.717) is 28.0 Å². The second-order valence-electron chi connectivity index (χ2n) is 8.08. The predicted octanol–water partition coefficient (Wildman–Crippen LogP) is 5.19. The Bertz CT molecular complexity index is 1220. The van der Waals surface area contributed by atoms with Crippen molar-refractivity contribution in [2.24, 2.45) is 0 Å². The zero-order valence-corrected chi connectivity index (χ0v) is 22.2. The molecule has 178 valence electrons. The lowest BCUT2D eigenvalue weighted by molar-refractivity contribution is 0.0983. The molecule has 33 heavy (non-hydrogen) atoms. The third-order valence-corrected chi connectivity index (χ3v) is 8.39. The number of anilines is 1. The Morgan fingerprint density at radius 3 is 2.45 bits per heavy atom. The summed E-state index contributed by atoms with van der Waals surface area (Å²) in [6.45, 7) is 11.5. The molecule has 9 heteroatoms. The predicted molar refractivity (Wildman–Crippen MR) is 140 cm³/mol. The number of rotatable bonds is 10. The SMILES string of the molecule is CCN(CC)CCN(C(=O)c1cccc(SC(C)C)c1)c1nc2ccc(S(C)(=O)=O)cc2s1. The molecule has 3 rings (SSSR count). The maximum atomic E-state index is 13.6. The van der Waals surface area contributed by atoms with Crippen molar-refractivity contribution in [3.8, 4) is 0 Å². The van der Waals surface area contributed by atoms with Crippen molar-refractivity contribution in [1.29, 1.82) is 0 Å². The first-order valence-corrected chi connectivity index (χ1v) is 14.6. The number of carbonyl (C=O) groups is 1. The first-order valence-electron chi connectivity index (χ1n) is 11.0. The van der Waals surface area contributed by atoms with Gasteiger partial charge in [-0.25, -0.2) is 13.4 Å². The Morgan fingerprint density at radius 2 is 1.82 bits per heavy atom. The Hall–Kier alpha value is -1.94. The molecular formula is C24H31N3O3S3. The van der Waals surface area contributed by atoms with Crippen molar-refractivity contribution in [3.05, 3.63) is 48.0 Å². The summed E-state index contributed by atoms with van der Waals surface area (Å²) in [6.07, 6.45) is 1.19. The summed E-state index contributed by atoms with van der Waals surface area (Å²) in [4.78, 5) is 23.6. The number of thioether (sulfide) groups is 1. The van der Waals surface area contributed by atoms with E-state index < -0.39 is 9.84 Å². The van der Waals surface area contributed by atoms with Gasteiger partial charge in [0.05, 0.1) is 15.1 Å². The van der Waals surface area contributed by atoms with Crippen LogP contribution >= 0.6 is 23.1 Å². The topological polar surface area (TPSA) is 70.6 Å². The van der Waals surface area contributed by atoms with Gasteiger partial charge in [0.1, 0.15) is 0 Å². The van der Waals surface area contributed by atoms with Crippen molar-refractivity contribution in [3.63, 3.8) is 0 Å². The standard InChI is InChI=1S/C24H31N3O3S3/c1-6-26(7-2)13-14-27(23(28)18-9-8-10-19(15-18)31-17(3)4)24-25-21-12-11-20(33(5,29)30)16-22(21)32-24/h8-12,15-17H,6-7,13-14H2,1-5H3. The number of sulfone groups is 1. The highest BCUT2D eigenvalue weighted by Gasteiger charge is 2.23. The van der Waals surface area contributed by atoms with Gasteiger partial charge in [0.25, 0.3) is 5.91 Å². The van der Waals surface area contributed by atoms with Crippen LogP contribution in [0.4, 0.5) is 5.13 Å². The first kappa shape index (κ1) is 25.7. The Morgan fingerprint density at radius 1 is 1.09 bits per heavy atom. The van der Waals surface area contributed by atoms with Gasteiger partial charge in [0.15, 0.2) is 15.0 Å². The van der Waals surface area contributed by atoms with Crippen LogP contribution in [-0.2, 0) is 9.84 Å². The summed E-state index contributed by atoms with van der Waals surface area (Å²) in [5, 5.41) is 0.997. The molecule has 0 aliphatic carbocycles. The molecule has 0 bridgehead atoms. The lowest BCUT2D eigenvalue weighted by atomic mass is 10.2. The van der Waals surface area contributed by atoms with E-state index in [9.17, 15) is 13.2 Å². The van der Waals surface area contributed by atoms with E-state index in [4.69, 9.17) is 0 Å². The summed E-state index contributed by atoms with van der Waals surface area (Å²) in [6, 6.07) is 12.6. The quantitative estimate of drug-likeness (QED) is 0.353. The third kappa shape index (κ3) is 6.56. The van der Waals surface area contributed by atoms with Gasteiger partial charge >= 0.3 is 0 Å². The van der Waals surface area contributed by atoms with Crippen LogP contribution in [0.15, 0.2) is 52.3 Å². The molecule has 6 nitrogen and oxygen atoms in total. The summed E-state index contributed by atoms with van der Waals surface area (Å²) in [5.41, 5.74) is 1.31. The van der Waals surface area contributed by atoms with Gasteiger partial charge in [-0.05, 0) is 49.5 Å². The van der Waals surface area contributed by atoms with E-state index in [1.54, 1.807) is 34.9 Å². The highest BCUT2D eigenvalue weighted by Crippen LogP contribution is 2.32. The maximum absolute atomic E-state index is 13.6. The van der Waals surface area contributed by atoms with E-state index in [2.05, 4.69) is 37.6 Å². The fourth-order valence-electron chi connectivity index (χ4n) is 3.43. The van der Waals surface area contributed by atoms with Crippen molar-refractivity contribution >= 4 is 54.2 Å². The van der Waals surface area contributed by atoms with E-state index in [-0.39, 0.29) is 10.8 Å². The van der Waals surface area contributed by atoms with E-state index in [1.807, 2.05) is 24.3 Å². The second kappa shape index (κ2) is 11.0. The van der Waals surface area contributed by atoms with Gasteiger partial charge in [-0.1, -0.05) is 45.1 Å². The van der Waals surface area contributed by atoms with E-state index >= 15 is 0 Å². The molecule has 0 radical (unpaired) electrons. The number of hydrogen-bond acceptors (Lipinski definition) is 7. The van der Waals surface area contributed by atoms with Crippen molar-refractivity contribution in [1.82, 2.24) is 9.88 Å². The molecule has 0 saturated heterocycles. The molecule has 1 aromatic heterocycles. The smallest absolute Gasteiger partial charge is 0.260 e. The molecule has 0 unspecified atom stereocenters. The zero-order chi connectivity index (χ0) is 24.2. The zero-order valence-electron chi connectivity index (χ0n) is 19.7. The number of carbonyl (C=O) groups excluding carboxylic acids is 1. The third-order valence-electron chi connectivity index (χ3n) is 5.24. The van der Waals surface area contributed by atoms with Gasteiger partial charge in [-0.3, -0.25) is 9.69 Å². The lowest BCUT2D eigenvalue weighted by Crippen LogP contribution is -2.38. The largest absolute Gasteiger partial charge is 0.302 e. The van der Waals surface area contributed by atoms with Crippen LogP contribution in [0.3, 0.4) is 0 Å². The number of nitrogens with zero attached hydrogens (tertiary/aromatic N) is 3. The molecular weight excluding hydrogens is 474 g/mol. The highest BCUT2D eigenvalue weighted by atomic mass is 32.2. The molecule has 0 N–H and O–H groups in total. The van der Waals surface area contributed by atoms with Crippen molar-refractivity contribution < 1.29 is 13.2 Å². The van der Waals surface area contributed by atoms with Gasteiger partial charge < -0.3 is 4.90 Å². The minimum absolute atomic E-state index is 0.101. The number of aromatic nitrogens is 1. The number of fused-ring (bicyclic) bond motifs is 1. The average molecular weight is 506 g/mol. The molecule has 0 atom stereocenters. The molecule has 3 aromatic rings. The summed E-state index contributed by atoms with van der Waals surface area (Å²) >= 11 is 3.07. The van der Waals surface area contributed by atoms with Crippen LogP contribution < -0.4 is 4.90 Å². The molecule has 0 spiro atoms. The normalized spacial score (nSPS) is 12.1. The molecule has 0 fully saturated rings. The molecule has 0 saturated carbocycles. The fraction of sp³-hybridized carbons (Fsp3) is 0.417. The number of thiazole rings is 1. The number of hydrogen-bond donors (Lipinski definition) is 0. The maximum Gasteiger partial charge on any atom is 0.260 e. The average Bonchev–Trinajstić information content (AvgIpc) is 3.18. The van der Waals surface area contributed by atoms with Crippen LogP contribution in [0.1, 0.15) is 38.1 Å². The molecule has 1 heterocycles. The van der Waals surface area contributed by atoms with Crippen molar-refractivity contribution in [2.75, 3.05) is 37.3 Å². The van der Waals surface area contributed by atoms with Crippen LogP contribution in [0, 0.1) is 0 Å². The van der Waals surface area contributed by atoms with Gasteiger partial charge in [-0.15, -0.1) is 11.8 Å². The molecule has 2 aromatic carbocycles. The summed E-state index contributed by atoms with van der Waals surface area (Å²) < 4.78 is 24.7. The molecule has 0 aliphatic rings. The Kier molecular flexibility index (Phi) is 8.55. The van der Waals surface area contributed by atoms with Crippen LogP contribution in [0.2, 0.25) is 0 Å². The minimum atomic E-state index is -3.32. The number of benzene rings is 2. The Balaban J connectivity index is 2.00. The molecule has 0 aliphatic heterocycles. The summed E-state index contributed by atoms with van der Waals surface area (Å²) in [5.74, 6) is -0.101. The summed E-state index contributed by atoms with van der Waals surface area (Å²) in [7, 11) is -3.32. The van der Waals surface area contributed by atoms with E-state index in [0.717, 1.165) is 29.2 Å². The molecule has 1 amide bonds. The van der Waals surface area contributed by atoms with Crippen LogP contribution in [0.5, 0.6) is 0 Å². The monoisotopic (exact) mass is 505 g/mol. The van der Waals surface area contributed by atoms with Gasteiger partial charge in [0, 0.05) is 35.1 Å².